The highest BCUT2D eigenvalue weighted by molar-refractivity contribution is 5.49. The maximum atomic E-state index is 11.1. The van der Waals surface area contributed by atoms with E-state index in [0.29, 0.717) is 0 Å². The Hall–Kier alpha value is -1.26. The SMILES string of the molecule is [2H]c1c(OC)c(OC)c([2H])c2c1C1CC(O)C(C([2H])([2H])C(C)(C([2H])([2H])[2H])C([2H])([2H])[2H])CN1C([2H])([2H])C2([2H])[2H]. The molecular weight excluding hydrogens is 302 g/mol. The molecule has 0 saturated carbocycles. The fourth-order valence-electron chi connectivity index (χ4n) is 3.13. The van der Waals surface area contributed by atoms with Crippen LogP contribution in [0.15, 0.2) is 12.1 Å². The summed E-state index contributed by atoms with van der Waals surface area (Å²) in [6, 6.07) is -2.20. The maximum absolute atomic E-state index is 11.1. The first kappa shape index (κ1) is 7.16. The molecule has 134 valence electrons. The van der Waals surface area contributed by atoms with Gasteiger partial charge in [0.1, 0.15) is 0 Å². The lowest BCUT2D eigenvalue weighted by molar-refractivity contribution is -0.0259. The summed E-state index contributed by atoms with van der Waals surface area (Å²) in [4.78, 5) is 0.882. The number of piperidine rings is 1. The highest BCUT2D eigenvalue weighted by Crippen LogP contribution is 2.44. The van der Waals surface area contributed by atoms with Crippen LogP contribution in [0.25, 0.3) is 0 Å². The van der Waals surface area contributed by atoms with Crippen LogP contribution in [0, 0.1) is 11.3 Å². The van der Waals surface area contributed by atoms with E-state index in [9.17, 15) is 5.11 Å². The zero-order valence-corrected chi connectivity index (χ0v) is 13.9. The van der Waals surface area contributed by atoms with E-state index in [4.69, 9.17) is 28.7 Å². The van der Waals surface area contributed by atoms with E-state index in [0.717, 1.165) is 11.8 Å². The molecule has 2 heterocycles. The fourth-order valence-corrected chi connectivity index (χ4v) is 3.13. The van der Waals surface area contributed by atoms with E-state index >= 15 is 0 Å². The van der Waals surface area contributed by atoms with Crippen LogP contribution in [-0.2, 0) is 6.37 Å². The third-order valence-electron chi connectivity index (χ3n) is 4.20. The van der Waals surface area contributed by atoms with Crippen LogP contribution in [0.4, 0.5) is 0 Å². The van der Waals surface area contributed by atoms with Gasteiger partial charge in [-0.15, -0.1) is 0 Å². The second-order valence-corrected chi connectivity index (χ2v) is 6.19. The van der Waals surface area contributed by atoms with Crippen molar-refractivity contribution in [2.45, 2.75) is 51.9 Å². The number of hydrogen-bond donors (Lipinski definition) is 1. The van der Waals surface area contributed by atoms with Crippen molar-refractivity contribution in [3.63, 3.8) is 0 Å². The largest absolute Gasteiger partial charge is 0.493 e. The minimum Gasteiger partial charge on any atom is -0.493 e. The number of nitrogens with zero attached hydrogens (tertiary/aromatic N) is 1. The van der Waals surface area contributed by atoms with E-state index < -0.39 is 87.0 Å². The molecule has 1 saturated heterocycles. The van der Waals surface area contributed by atoms with Crippen molar-refractivity contribution in [3.05, 3.63) is 23.2 Å². The Balaban J connectivity index is 2.28. The van der Waals surface area contributed by atoms with E-state index in [-0.39, 0.29) is 17.1 Å². The second kappa shape index (κ2) is 6.57. The van der Waals surface area contributed by atoms with Gasteiger partial charge in [0.25, 0.3) is 0 Å². The number of fused-ring (bicyclic) bond motifs is 3. The second-order valence-electron chi connectivity index (χ2n) is 6.19. The Bertz CT molecular complexity index is 1090. The van der Waals surface area contributed by atoms with Gasteiger partial charge in [-0.3, -0.25) is 4.90 Å². The van der Waals surface area contributed by atoms with Gasteiger partial charge in [0.2, 0.25) is 0 Å². The van der Waals surface area contributed by atoms with Gasteiger partial charge in [0.05, 0.1) is 23.1 Å². The summed E-state index contributed by atoms with van der Waals surface area (Å²) in [5.41, 5.74) is -3.61. The van der Waals surface area contributed by atoms with Gasteiger partial charge in [-0.05, 0) is 53.7 Å². The van der Waals surface area contributed by atoms with Gasteiger partial charge in [-0.1, -0.05) is 20.6 Å². The lowest BCUT2D eigenvalue weighted by Crippen LogP contribution is -2.48. The zero-order valence-electron chi connectivity index (χ0n) is 27.9. The molecule has 3 unspecified atom stereocenters. The molecule has 1 aromatic rings. The van der Waals surface area contributed by atoms with Crippen LogP contribution in [0.3, 0.4) is 0 Å². The molecule has 2 aliphatic heterocycles. The van der Waals surface area contributed by atoms with Crippen LogP contribution in [0.1, 0.15) is 69.8 Å². The van der Waals surface area contributed by atoms with Crippen molar-refractivity contribution in [3.8, 4) is 11.5 Å². The van der Waals surface area contributed by atoms with Gasteiger partial charge in [-0.2, -0.15) is 0 Å². The van der Waals surface area contributed by atoms with E-state index in [1.807, 2.05) is 0 Å². The number of methoxy groups -OCH3 is 2. The molecule has 0 aliphatic carbocycles. The summed E-state index contributed by atoms with van der Waals surface area (Å²) in [5, 5.41) is 11.1. The van der Waals surface area contributed by atoms with Gasteiger partial charge >= 0.3 is 0 Å². The molecule has 0 bridgehead atoms. The molecule has 1 fully saturated rings. The highest BCUT2D eigenvalue weighted by Gasteiger charge is 2.39. The van der Waals surface area contributed by atoms with Crippen molar-refractivity contribution in [1.82, 2.24) is 4.90 Å². The smallest absolute Gasteiger partial charge is 0.161 e. The molecule has 4 nitrogen and oxygen atoms in total. The third kappa shape index (κ3) is 3.40. The molecule has 1 N–H and O–H groups in total. The van der Waals surface area contributed by atoms with E-state index in [2.05, 4.69) is 0 Å². The summed E-state index contributed by atoms with van der Waals surface area (Å²) in [6.07, 6.45) is -8.27. The molecule has 0 radical (unpaired) electrons. The first-order valence-electron chi connectivity index (χ1n) is 14.7. The molecule has 3 rings (SSSR count). The summed E-state index contributed by atoms with van der Waals surface area (Å²) in [5.74, 6) is -2.25. The first-order chi connectivity index (χ1) is 17.0. The summed E-state index contributed by atoms with van der Waals surface area (Å²) in [6.45, 7) is -9.67. The number of aliphatic hydroxyl groups excluding tert-OH is 1. The molecule has 0 amide bonds. The summed E-state index contributed by atoms with van der Waals surface area (Å²) in [7, 11) is 2.39. The molecule has 24 heavy (non-hydrogen) atoms. The standard InChI is InChI=1S/C20H31NO3/c1-20(2,3)11-14-12-21-7-6-13-8-18(23-4)19(24-5)9-15(13)16(21)10-17(14)22/h8-9,14,16-17,22H,6-7,10-12H2,1-5H3/i1D3,2D3,6D2,7D2,8D,9D,11D2. The molecular formula is C20H31NO3. The normalized spacial score (nSPS) is 41.8. The van der Waals surface area contributed by atoms with Crippen LogP contribution in [-0.4, -0.2) is 43.4 Å². The number of benzene rings is 1. The Morgan fingerprint density at radius 2 is 2.12 bits per heavy atom. The van der Waals surface area contributed by atoms with Crippen molar-refractivity contribution in [2.24, 2.45) is 11.3 Å². The van der Waals surface area contributed by atoms with E-state index in [1.54, 1.807) is 0 Å². The topological polar surface area (TPSA) is 41.9 Å². The van der Waals surface area contributed by atoms with Gasteiger partial charge in [0.15, 0.2) is 11.5 Å². The predicted molar refractivity (Wildman–Crippen MR) is 95.7 cm³/mol. The number of hydrogen-bond acceptors (Lipinski definition) is 4. The molecule has 4 heteroatoms. The third-order valence-corrected chi connectivity index (χ3v) is 4.20. The average Bonchev–Trinajstić information content (AvgIpc) is 2.75. The van der Waals surface area contributed by atoms with Gasteiger partial charge < -0.3 is 14.6 Å². The molecule has 2 aliphatic rings. The monoisotopic (exact) mass is 347 g/mol. The lowest BCUT2D eigenvalue weighted by Gasteiger charge is -2.47. The minimum absolute atomic E-state index is 0.153. The van der Waals surface area contributed by atoms with Crippen LogP contribution in [0.5, 0.6) is 11.5 Å². The Kier molecular flexibility index (Phi) is 1.96. The maximum Gasteiger partial charge on any atom is 0.161 e. The van der Waals surface area contributed by atoms with Gasteiger partial charge in [0, 0.05) is 35.5 Å². The fraction of sp³-hybridized carbons (Fsp3) is 0.700. The molecule has 3 atom stereocenters. The quantitative estimate of drug-likeness (QED) is 0.910. The van der Waals surface area contributed by atoms with Crippen molar-refractivity contribution in [1.29, 1.82) is 0 Å². The Morgan fingerprint density at radius 1 is 1.42 bits per heavy atom. The summed E-state index contributed by atoms with van der Waals surface area (Å²) < 4.78 is 127. The van der Waals surface area contributed by atoms with Crippen molar-refractivity contribution in [2.75, 3.05) is 27.3 Å². The molecule has 0 aromatic heterocycles. The average molecular weight is 348 g/mol. The molecule has 0 spiro atoms. The highest BCUT2D eigenvalue weighted by atomic mass is 16.5. The van der Waals surface area contributed by atoms with Crippen LogP contribution in [0.2, 0.25) is 0 Å². The van der Waals surface area contributed by atoms with Crippen LogP contribution < -0.4 is 9.47 Å². The molecule has 1 aromatic carbocycles. The number of rotatable bonds is 3. The Morgan fingerprint density at radius 3 is 2.79 bits per heavy atom. The number of ether oxygens (including phenoxy) is 2. The van der Waals surface area contributed by atoms with Crippen molar-refractivity contribution >= 4 is 0 Å². The lowest BCUT2D eigenvalue weighted by atomic mass is 9.75. The predicted octanol–water partition coefficient (Wildman–Crippen LogP) is 3.42. The van der Waals surface area contributed by atoms with Crippen LogP contribution >= 0.6 is 0 Å². The van der Waals surface area contributed by atoms with Crippen molar-refractivity contribution < 1.29 is 33.8 Å². The van der Waals surface area contributed by atoms with Gasteiger partial charge in [-0.25, -0.2) is 0 Å². The minimum atomic E-state index is -3.35. The summed E-state index contributed by atoms with van der Waals surface area (Å²) >= 11 is 0. The number of aliphatic hydroxyl groups is 1. The zero-order chi connectivity index (χ0) is 29.6. The first-order valence-corrected chi connectivity index (χ1v) is 7.67. The van der Waals surface area contributed by atoms with E-state index in [1.165, 1.54) is 14.2 Å². The Labute approximate surface area is 165 Å².